The average Bonchev–Trinajstić information content (AvgIpc) is 2.46. The molecule has 2 rings (SSSR count). The van der Waals surface area contributed by atoms with Gasteiger partial charge in [-0.1, -0.05) is 68.8 Å². The Morgan fingerprint density at radius 3 is 2.27 bits per heavy atom. The molecule has 0 fully saturated rings. The van der Waals surface area contributed by atoms with Crippen LogP contribution in [0.2, 0.25) is 0 Å². The SMILES string of the molecule is Cc1ccc(/C=C/C(=O)Nc2ccccc2C(C)(C)C)cc1. The van der Waals surface area contributed by atoms with Gasteiger partial charge in [0.15, 0.2) is 0 Å². The van der Waals surface area contributed by atoms with Crippen molar-refractivity contribution in [2.24, 2.45) is 0 Å². The lowest BCUT2D eigenvalue weighted by Crippen LogP contribution is -2.17. The Bertz CT molecular complexity index is 676. The van der Waals surface area contributed by atoms with E-state index in [4.69, 9.17) is 0 Å². The zero-order valence-corrected chi connectivity index (χ0v) is 13.7. The molecule has 0 spiro atoms. The maximum Gasteiger partial charge on any atom is 0.248 e. The monoisotopic (exact) mass is 293 g/mol. The van der Waals surface area contributed by atoms with Crippen LogP contribution in [0, 0.1) is 6.92 Å². The molecule has 2 aromatic rings. The summed E-state index contributed by atoms with van der Waals surface area (Å²) in [5.41, 5.74) is 4.22. The third kappa shape index (κ3) is 4.32. The second-order valence-electron chi connectivity index (χ2n) is 6.53. The molecular formula is C20H23NO. The quantitative estimate of drug-likeness (QED) is 0.797. The van der Waals surface area contributed by atoms with E-state index in [2.05, 4.69) is 32.2 Å². The van der Waals surface area contributed by atoms with Crippen molar-refractivity contribution in [1.29, 1.82) is 0 Å². The molecule has 0 atom stereocenters. The van der Waals surface area contributed by atoms with Crippen molar-refractivity contribution in [2.75, 3.05) is 5.32 Å². The number of rotatable bonds is 3. The highest BCUT2D eigenvalue weighted by molar-refractivity contribution is 6.02. The summed E-state index contributed by atoms with van der Waals surface area (Å²) in [6.45, 7) is 8.46. The smallest absolute Gasteiger partial charge is 0.248 e. The lowest BCUT2D eigenvalue weighted by Gasteiger charge is -2.22. The second-order valence-corrected chi connectivity index (χ2v) is 6.53. The predicted molar refractivity (Wildman–Crippen MR) is 94.0 cm³/mol. The molecule has 0 aliphatic carbocycles. The molecular weight excluding hydrogens is 270 g/mol. The number of benzene rings is 2. The van der Waals surface area contributed by atoms with Crippen molar-refractivity contribution in [2.45, 2.75) is 33.1 Å². The van der Waals surface area contributed by atoms with Crippen molar-refractivity contribution in [3.8, 4) is 0 Å². The third-order valence-electron chi connectivity index (χ3n) is 3.50. The van der Waals surface area contributed by atoms with Crippen molar-refractivity contribution < 1.29 is 4.79 Å². The fourth-order valence-corrected chi connectivity index (χ4v) is 2.27. The Hall–Kier alpha value is -2.35. The average molecular weight is 293 g/mol. The summed E-state index contributed by atoms with van der Waals surface area (Å²) in [7, 11) is 0. The van der Waals surface area contributed by atoms with Gasteiger partial charge in [-0.3, -0.25) is 4.79 Å². The van der Waals surface area contributed by atoms with Gasteiger partial charge < -0.3 is 5.32 Å². The largest absolute Gasteiger partial charge is 0.322 e. The molecule has 0 aromatic heterocycles. The van der Waals surface area contributed by atoms with Gasteiger partial charge in [0.25, 0.3) is 0 Å². The van der Waals surface area contributed by atoms with Crippen molar-refractivity contribution >= 4 is 17.7 Å². The van der Waals surface area contributed by atoms with E-state index >= 15 is 0 Å². The molecule has 2 heteroatoms. The number of nitrogens with one attached hydrogen (secondary N) is 1. The number of hydrogen-bond donors (Lipinski definition) is 1. The van der Waals surface area contributed by atoms with Gasteiger partial charge in [-0.25, -0.2) is 0 Å². The molecule has 22 heavy (non-hydrogen) atoms. The van der Waals surface area contributed by atoms with E-state index in [1.54, 1.807) is 6.08 Å². The van der Waals surface area contributed by atoms with Gasteiger partial charge in [-0.15, -0.1) is 0 Å². The zero-order valence-electron chi connectivity index (χ0n) is 13.7. The normalized spacial score (nSPS) is 11.6. The second kappa shape index (κ2) is 6.61. The first-order chi connectivity index (χ1) is 10.4. The van der Waals surface area contributed by atoms with Gasteiger partial charge in [0.05, 0.1) is 0 Å². The van der Waals surface area contributed by atoms with E-state index in [0.29, 0.717) is 0 Å². The zero-order chi connectivity index (χ0) is 16.2. The van der Waals surface area contributed by atoms with Crippen LogP contribution in [0.1, 0.15) is 37.5 Å². The van der Waals surface area contributed by atoms with Crippen molar-refractivity contribution in [1.82, 2.24) is 0 Å². The summed E-state index contributed by atoms with van der Waals surface area (Å²) in [5, 5.41) is 2.97. The van der Waals surface area contributed by atoms with E-state index < -0.39 is 0 Å². The maximum absolute atomic E-state index is 12.1. The van der Waals surface area contributed by atoms with Crippen LogP contribution in [-0.4, -0.2) is 5.91 Å². The molecule has 0 saturated heterocycles. The number of hydrogen-bond acceptors (Lipinski definition) is 1. The molecule has 0 bridgehead atoms. The minimum atomic E-state index is -0.114. The van der Waals surface area contributed by atoms with Gasteiger partial charge in [-0.05, 0) is 35.6 Å². The topological polar surface area (TPSA) is 29.1 Å². The molecule has 114 valence electrons. The Labute approximate surface area is 132 Å². The first kappa shape index (κ1) is 16.0. The van der Waals surface area contributed by atoms with Crippen LogP contribution in [0.25, 0.3) is 6.08 Å². The van der Waals surface area contributed by atoms with Crippen LogP contribution >= 0.6 is 0 Å². The number of para-hydroxylation sites is 1. The standard InChI is InChI=1S/C20H23NO/c1-15-9-11-16(12-10-15)13-14-19(22)21-18-8-6-5-7-17(18)20(2,3)4/h5-14H,1-4H3,(H,21,22)/b14-13+. The number of carbonyl (C=O) groups excluding carboxylic acids is 1. The van der Waals surface area contributed by atoms with E-state index in [1.807, 2.05) is 55.5 Å². The Morgan fingerprint density at radius 2 is 1.64 bits per heavy atom. The van der Waals surface area contributed by atoms with Crippen molar-refractivity contribution in [3.05, 3.63) is 71.3 Å². The first-order valence-electron chi connectivity index (χ1n) is 7.51. The van der Waals surface area contributed by atoms with Crippen molar-refractivity contribution in [3.63, 3.8) is 0 Å². The summed E-state index contributed by atoms with van der Waals surface area (Å²) in [6, 6.07) is 16.0. The summed E-state index contributed by atoms with van der Waals surface area (Å²) < 4.78 is 0. The first-order valence-corrected chi connectivity index (χ1v) is 7.51. The fourth-order valence-electron chi connectivity index (χ4n) is 2.27. The lowest BCUT2D eigenvalue weighted by molar-refractivity contribution is -0.111. The number of aryl methyl sites for hydroxylation is 1. The molecule has 0 saturated carbocycles. The van der Waals surface area contributed by atoms with Gasteiger partial charge in [-0.2, -0.15) is 0 Å². The van der Waals surface area contributed by atoms with Crippen LogP contribution in [0.5, 0.6) is 0 Å². The summed E-state index contributed by atoms with van der Waals surface area (Å²) in [5.74, 6) is -0.114. The third-order valence-corrected chi connectivity index (χ3v) is 3.50. The Kier molecular flexibility index (Phi) is 4.81. The van der Waals surface area contributed by atoms with E-state index in [0.717, 1.165) is 16.8 Å². The van der Waals surface area contributed by atoms with Crippen LogP contribution < -0.4 is 5.32 Å². The molecule has 0 unspecified atom stereocenters. The summed E-state index contributed by atoms with van der Waals surface area (Å²) in [4.78, 5) is 12.1. The number of carbonyl (C=O) groups is 1. The minimum Gasteiger partial charge on any atom is -0.322 e. The van der Waals surface area contributed by atoms with Gasteiger partial charge in [0, 0.05) is 11.8 Å². The lowest BCUT2D eigenvalue weighted by atomic mass is 9.86. The highest BCUT2D eigenvalue weighted by Crippen LogP contribution is 2.29. The van der Waals surface area contributed by atoms with Crippen LogP contribution in [0.4, 0.5) is 5.69 Å². The van der Waals surface area contributed by atoms with E-state index in [9.17, 15) is 4.79 Å². The van der Waals surface area contributed by atoms with E-state index in [-0.39, 0.29) is 11.3 Å². The van der Waals surface area contributed by atoms with Crippen LogP contribution in [0.15, 0.2) is 54.6 Å². The molecule has 0 radical (unpaired) electrons. The predicted octanol–water partition coefficient (Wildman–Crippen LogP) is 4.94. The maximum atomic E-state index is 12.1. The Balaban J connectivity index is 2.11. The highest BCUT2D eigenvalue weighted by atomic mass is 16.1. The number of amides is 1. The Morgan fingerprint density at radius 1 is 1.00 bits per heavy atom. The highest BCUT2D eigenvalue weighted by Gasteiger charge is 2.17. The van der Waals surface area contributed by atoms with Gasteiger partial charge >= 0.3 is 0 Å². The molecule has 2 nitrogen and oxygen atoms in total. The molecule has 2 aromatic carbocycles. The summed E-state index contributed by atoms with van der Waals surface area (Å²) in [6.07, 6.45) is 3.40. The summed E-state index contributed by atoms with van der Waals surface area (Å²) >= 11 is 0. The molecule has 0 aliphatic rings. The molecule has 0 aliphatic heterocycles. The molecule has 1 N–H and O–H groups in total. The number of anilines is 1. The molecule has 0 heterocycles. The van der Waals surface area contributed by atoms with Gasteiger partial charge in [0.1, 0.15) is 0 Å². The van der Waals surface area contributed by atoms with Crippen LogP contribution in [-0.2, 0) is 10.2 Å². The molecule has 1 amide bonds. The fraction of sp³-hybridized carbons (Fsp3) is 0.250. The van der Waals surface area contributed by atoms with Gasteiger partial charge in [0.2, 0.25) is 5.91 Å². The van der Waals surface area contributed by atoms with E-state index in [1.165, 1.54) is 5.56 Å². The minimum absolute atomic E-state index is 0.00938. The van der Waals surface area contributed by atoms with Crippen LogP contribution in [0.3, 0.4) is 0 Å².